The summed E-state index contributed by atoms with van der Waals surface area (Å²) in [6.45, 7) is 3.42. The van der Waals surface area contributed by atoms with Crippen LogP contribution >= 0.6 is 0 Å². The van der Waals surface area contributed by atoms with Gasteiger partial charge in [0.05, 0.1) is 5.75 Å². The van der Waals surface area contributed by atoms with E-state index in [0.29, 0.717) is 25.4 Å². The molecular weight excluding hydrogens is 214 g/mol. The van der Waals surface area contributed by atoms with Crippen molar-refractivity contribution in [3.63, 3.8) is 0 Å². The third-order valence-corrected chi connectivity index (χ3v) is 5.06. The second-order valence-corrected chi connectivity index (χ2v) is 6.23. The van der Waals surface area contributed by atoms with Crippen molar-refractivity contribution in [3.05, 3.63) is 0 Å². The van der Waals surface area contributed by atoms with Gasteiger partial charge in [-0.15, -0.1) is 0 Å². The van der Waals surface area contributed by atoms with Gasteiger partial charge in [-0.2, -0.15) is 0 Å². The molecule has 1 N–H and O–H groups in total. The second-order valence-electron chi connectivity index (χ2n) is 4.14. The lowest BCUT2D eigenvalue weighted by Gasteiger charge is -2.30. The molecule has 15 heavy (non-hydrogen) atoms. The Labute approximate surface area is 92.3 Å². The van der Waals surface area contributed by atoms with Gasteiger partial charge in [0.25, 0.3) is 0 Å². The Balaban J connectivity index is 2.45. The number of piperidine rings is 1. The molecule has 0 saturated carbocycles. The lowest BCUT2D eigenvalue weighted by molar-refractivity contribution is 0.265. The molecule has 0 bridgehead atoms. The van der Waals surface area contributed by atoms with Gasteiger partial charge in [0, 0.05) is 19.7 Å². The molecule has 1 aliphatic heterocycles. The van der Waals surface area contributed by atoms with E-state index in [2.05, 4.69) is 6.92 Å². The summed E-state index contributed by atoms with van der Waals surface area (Å²) in [7, 11) is -3.10. The number of aliphatic hydroxyl groups is 1. The number of hydrogen-bond acceptors (Lipinski definition) is 3. The summed E-state index contributed by atoms with van der Waals surface area (Å²) in [5, 5.41) is 8.63. The van der Waals surface area contributed by atoms with Gasteiger partial charge in [0.2, 0.25) is 10.0 Å². The van der Waals surface area contributed by atoms with E-state index in [1.165, 1.54) is 0 Å². The van der Waals surface area contributed by atoms with Crippen LogP contribution in [0.4, 0.5) is 0 Å². The normalized spacial score (nSPS) is 20.7. The summed E-state index contributed by atoms with van der Waals surface area (Å²) < 4.78 is 25.1. The smallest absolute Gasteiger partial charge is 0.214 e. The van der Waals surface area contributed by atoms with Crippen molar-refractivity contribution in [2.45, 2.75) is 32.6 Å². The van der Waals surface area contributed by atoms with E-state index in [9.17, 15) is 8.42 Å². The summed E-state index contributed by atoms with van der Waals surface area (Å²) in [5.74, 6) is 0.773. The molecule has 0 unspecified atom stereocenters. The van der Waals surface area contributed by atoms with Crippen molar-refractivity contribution >= 4 is 10.0 Å². The van der Waals surface area contributed by atoms with Crippen molar-refractivity contribution in [1.82, 2.24) is 4.31 Å². The first-order valence-electron chi connectivity index (χ1n) is 5.69. The first-order valence-corrected chi connectivity index (χ1v) is 7.29. The molecule has 0 aromatic carbocycles. The van der Waals surface area contributed by atoms with Crippen molar-refractivity contribution in [2.24, 2.45) is 5.92 Å². The zero-order valence-corrected chi connectivity index (χ0v) is 10.2. The number of rotatable bonds is 5. The van der Waals surface area contributed by atoms with Crippen LogP contribution in [0.3, 0.4) is 0 Å². The molecule has 1 fully saturated rings. The third-order valence-electron chi connectivity index (χ3n) is 3.10. The Morgan fingerprint density at radius 1 is 1.33 bits per heavy atom. The lowest BCUT2D eigenvalue weighted by Crippen LogP contribution is -2.39. The lowest BCUT2D eigenvalue weighted by atomic mass is 9.96. The van der Waals surface area contributed by atoms with Crippen LogP contribution in [0.1, 0.15) is 32.6 Å². The third kappa shape index (κ3) is 3.74. The summed E-state index contributed by atoms with van der Waals surface area (Å²) in [6, 6.07) is 0. The molecule has 5 heteroatoms. The van der Waals surface area contributed by atoms with Crippen LogP contribution in [0.5, 0.6) is 0 Å². The van der Waals surface area contributed by atoms with Crippen molar-refractivity contribution in [3.8, 4) is 0 Å². The summed E-state index contributed by atoms with van der Waals surface area (Å²) in [5.41, 5.74) is 0. The molecule has 1 saturated heterocycles. The van der Waals surface area contributed by atoms with E-state index in [1.807, 2.05) is 0 Å². The van der Waals surface area contributed by atoms with Gasteiger partial charge in [-0.05, 0) is 25.2 Å². The van der Waals surface area contributed by atoms with Crippen LogP contribution in [0.15, 0.2) is 0 Å². The topological polar surface area (TPSA) is 57.6 Å². The highest BCUT2D eigenvalue weighted by molar-refractivity contribution is 7.89. The zero-order valence-electron chi connectivity index (χ0n) is 9.35. The first-order chi connectivity index (χ1) is 7.10. The van der Waals surface area contributed by atoms with Crippen LogP contribution in [-0.2, 0) is 10.0 Å². The van der Waals surface area contributed by atoms with Crippen LogP contribution in [-0.4, -0.2) is 43.3 Å². The second kappa shape index (κ2) is 5.82. The molecule has 90 valence electrons. The van der Waals surface area contributed by atoms with Crippen molar-refractivity contribution < 1.29 is 13.5 Å². The number of aliphatic hydroxyl groups excluding tert-OH is 1. The van der Waals surface area contributed by atoms with E-state index in [1.54, 1.807) is 4.31 Å². The van der Waals surface area contributed by atoms with Gasteiger partial charge in [-0.3, -0.25) is 0 Å². The summed E-state index contributed by atoms with van der Waals surface area (Å²) in [6.07, 6.45) is 3.45. The predicted octanol–water partition coefficient (Wildman–Crippen LogP) is 0.821. The SMILES string of the molecule is CCC1CCN(S(=O)(=O)CCCO)CC1. The van der Waals surface area contributed by atoms with Crippen molar-refractivity contribution in [1.29, 1.82) is 0 Å². The fourth-order valence-corrected chi connectivity index (χ4v) is 3.49. The van der Waals surface area contributed by atoms with E-state index < -0.39 is 10.0 Å². The monoisotopic (exact) mass is 235 g/mol. The van der Waals surface area contributed by atoms with E-state index in [-0.39, 0.29) is 12.4 Å². The highest BCUT2D eigenvalue weighted by atomic mass is 32.2. The fourth-order valence-electron chi connectivity index (χ4n) is 1.97. The van der Waals surface area contributed by atoms with E-state index >= 15 is 0 Å². The molecule has 0 aromatic heterocycles. The first kappa shape index (κ1) is 12.9. The minimum absolute atomic E-state index is 0.0509. The number of nitrogens with zero attached hydrogens (tertiary/aromatic N) is 1. The largest absolute Gasteiger partial charge is 0.396 e. The molecular formula is C10H21NO3S. The van der Waals surface area contributed by atoms with Gasteiger partial charge >= 0.3 is 0 Å². The molecule has 0 radical (unpaired) electrons. The molecule has 0 atom stereocenters. The fraction of sp³-hybridized carbons (Fsp3) is 1.00. The van der Waals surface area contributed by atoms with Gasteiger partial charge < -0.3 is 5.11 Å². The van der Waals surface area contributed by atoms with Gasteiger partial charge in [0.15, 0.2) is 0 Å². The predicted molar refractivity (Wildman–Crippen MR) is 60.1 cm³/mol. The molecule has 0 aromatic rings. The Hall–Kier alpha value is -0.130. The molecule has 0 amide bonds. The average molecular weight is 235 g/mol. The molecule has 0 aliphatic carbocycles. The van der Waals surface area contributed by atoms with E-state index in [0.717, 1.165) is 19.3 Å². The van der Waals surface area contributed by atoms with Crippen molar-refractivity contribution in [2.75, 3.05) is 25.4 Å². The molecule has 1 aliphatic rings. The molecule has 0 spiro atoms. The average Bonchev–Trinajstić information content (AvgIpc) is 2.26. The minimum Gasteiger partial charge on any atom is -0.396 e. The maximum absolute atomic E-state index is 11.8. The van der Waals surface area contributed by atoms with Gasteiger partial charge in [-0.1, -0.05) is 13.3 Å². The summed E-state index contributed by atoms with van der Waals surface area (Å²) in [4.78, 5) is 0. The number of sulfonamides is 1. The molecule has 1 heterocycles. The maximum Gasteiger partial charge on any atom is 0.214 e. The number of hydrogen-bond donors (Lipinski definition) is 1. The highest BCUT2D eigenvalue weighted by Crippen LogP contribution is 2.22. The van der Waals surface area contributed by atoms with Gasteiger partial charge in [0.1, 0.15) is 0 Å². The summed E-state index contributed by atoms with van der Waals surface area (Å²) >= 11 is 0. The quantitative estimate of drug-likeness (QED) is 0.767. The highest BCUT2D eigenvalue weighted by Gasteiger charge is 2.26. The Kier molecular flexibility index (Phi) is 5.02. The maximum atomic E-state index is 11.8. The van der Waals surface area contributed by atoms with Gasteiger partial charge in [-0.25, -0.2) is 12.7 Å². The van der Waals surface area contributed by atoms with Crippen LogP contribution in [0, 0.1) is 5.92 Å². The van der Waals surface area contributed by atoms with Crippen LogP contribution < -0.4 is 0 Å². The Bertz CT molecular complexity index is 268. The van der Waals surface area contributed by atoms with E-state index in [4.69, 9.17) is 5.11 Å². The minimum atomic E-state index is -3.10. The molecule has 1 rings (SSSR count). The van der Waals surface area contributed by atoms with Crippen LogP contribution in [0.25, 0.3) is 0 Å². The Morgan fingerprint density at radius 3 is 2.40 bits per heavy atom. The zero-order chi connectivity index (χ0) is 11.3. The Morgan fingerprint density at radius 2 is 1.93 bits per heavy atom. The van der Waals surface area contributed by atoms with Crippen LogP contribution in [0.2, 0.25) is 0 Å². The molecule has 4 nitrogen and oxygen atoms in total. The standard InChI is InChI=1S/C10H21NO3S/c1-2-10-4-6-11(7-5-10)15(13,14)9-3-8-12/h10,12H,2-9H2,1H3.